The van der Waals surface area contributed by atoms with E-state index in [1.807, 2.05) is 4.90 Å². The van der Waals surface area contributed by atoms with E-state index in [-0.39, 0.29) is 11.9 Å². The van der Waals surface area contributed by atoms with Crippen LogP contribution in [0, 0.1) is 11.8 Å². The summed E-state index contributed by atoms with van der Waals surface area (Å²) in [5.74, 6) is 1.70. The molecule has 1 saturated carbocycles. The average molecular weight is 253 g/mol. The van der Waals surface area contributed by atoms with Gasteiger partial charge in [-0.25, -0.2) is 0 Å². The summed E-state index contributed by atoms with van der Waals surface area (Å²) in [5, 5.41) is 0. The van der Waals surface area contributed by atoms with Crippen LogP contribution in [-0.2, 0) is 9.53 Å². The summed E-state index contributed by atoms with van der Waals surface area (Å²) in [6.07, 6.45) is 2.67. The second kappa shape index (κ2) is 5.15. The lowest BCUT2D eigenvalue weighted by Crippen LogP contribution is -2.45. The van der Waals surface area contributed by atoms with Gasteiger partial charge < -0.3 is 15.4 Å². The highest BCUT2D eigenvalue weighted by atomic mass is 16.5. The number of amides is 1. The number of nitrogens with two attached hydrogens (primary N) is 1. The van der Waals surface area contributed by atoms with Gasteiger partial charge in [0.15, 0.2) is 0 Å². The van der Waals surface area contributed by atoms with Crippen molar-refractivity contribution in [1.29, 1.82) is 0 Å². The predicted octanol–water partition coefficient (Wildman–Crippen LogP) is -0.486. The van der Waals surface area contributed by atoms with Crippen LogP contribution in [0.2, 0.25) is 0 Å². The van der Waals surface area contributed by atoms with Gasteiger partial charge in [-0.15, -0.1) is 0 Å². The van der Waals surface area contributed by atoms with Gasteiger partial charge in [0.25, 0.3) is 0 Å². The van der Waals surface area contributed by atoms with Gasteiger partial charge in [-0.05, 0) is 24.7 Å². The van der Waals surface area contributed by atoms with Crippen LogP contribution >= 0.6 is 0 Å². The molecule has 18 heavy (non-hydrogen) atoms. The van der Waals surface area contributed by atoms with Crippen molar-refractivity contribution in [3.63, 3.8) is 0 Å². The van der Waals surface area contributed by atoms with E-state index in [4.69, 9.17) is 10.5 Å². The molecule has 0 radical (unpaired) electrons. The molecule has 2 N–H and O–H groups in total. The monoisotopic (exact) mass is 253 g/mol. The highest BCUT2D eigenvalue weighted by molar-refractivity contribution is 5.78. The molecular formula is C13H23N3O2. The van der Waals surface area contributed by atoms with Crippen molar-refractivity contribution < 1.29 is 9.53 Å². The Morgan fingerprint density at radius 2 is 1.94 bits per heavy atom. The summed E-state index contributed by atoms with van der Waals surface area (Å²) in [7, 11) is 0. The molecule has 1 aliphatic carbocycles. The first-order valence-corrected chi connectivity index (χ1v) is 7.07. The molecule has 2 atom stereocenters. The number of carbonyl (C=O) groups excluding carboxylic acids is 1. The zero-order valence-electron chi connectivity index (χ0n) is 10.9. The first-order valence-electron chi connectivity index (χ1n) is 7.07. The maximum atomic E-state index is 12.1. The smallest absolute Gasteiger partial charge is 0.236 e. The van der Waals surface area contributed by atoms with Crippen molar-refractivity contribution >= 4 is 5.91 Å². The Morgan fingerprint density at radius 3 is 2.61 bits per heavy atom. The Morgan fingerprint density at radius 1 is 1.22 bits per heavy atom. The maximum absolute atomic E-state index is 12.1. The largest absolute Gasteiger partial charge is 0.378 e. The number of hydrogen-bond acceptors (Lipinski definition) is 4. The minimum absolute atomic E-state index is 0.238. The maximum Gasteiger partial charge on any atom is 0.236 e. The molecule has 0 aromatic rings. The fourth-order valence-corrected chi connectivity index (χ4v) is 3.20. The number of rotatable bonds is 3. The lowest BCUT2D eigenvalue weighted by molar-refractivity contribution is -0.136. The summed E-state index contributed by atoms with van der Waals surface area (Å²) in [5.41, 5.74) is 6.18. The molecule has 5 heteroatoms. The van der Waals surface area contributed by atoms with Gasteiger partial charge in [-0.1, -0.05) is 0 Å². The Kier molecular flexibility index (Phi) is 3.54. The minimum Gasteiger partial charge on any atom is -0.378 e. The molecule has 0 aromatic heterocycles. The van der Waals surface area contributed by atoms with Gasteiger partial charge in [0.05, 0.1) is 19.8 Å². The molecule has 5 nitrogen and oxygen atoms in total. The Bertz CT molecular complexity index is 313. The predicted molar refractivity (Wildman–Crippen MR) is 68.0 cm³/mol. The van der Waals surface area contributed by atoms with Crippen LogP contribution in [0.1, 0.15) is 12.8 Å². The molecule has 2 aliphatic heterocycles. The lowest BCUT2D eigenvalue weighted by Gasteiger charge is -2.28. The second-order valence-electron chi connectivity index (χ2n) is 5.85. The van der Waals surface area contributed by atoms with E-state index in [0.717, 1.165) is 32.1 Å². The van der Waals surface area contributed by atoms with E-state index in [1.165, 1.54) is 12.8 Å². The Balaban J connectivity index is 1.49. The molecule has 0 bridgehead atoms. The van der Waals surface area contributed by atoms with E-state index in [1.54, 1.807) is 0 Å². The molecular weight excluding hydrogens is 230 g/mol. The van der Waals surface area contributed by atoms with E-state index in [2.05, 4.69) is 4.90 Å². The van der Waals surface area contributed by atoms with E-state index in [9.17, 15) is 4.79 Å². The number of hydrogen-bond donors (Lipinski definition) is 1. The molecule has 2 saturated heterocycles. The Hall–Kier alpha value is -0.650. The van der Waals surface area contributed by atoms with Crippen LogP contribution < -0.4 is 5.73 Å². The third kappa shape index (κ3) is 2.68. The normalized spacial score (nSPS) is 33.9. The van der Waals surface area contributed by atoms with Crippen LogP contribution in [0.4, 0.5) is 0 Å². The van der Waals surface area contributed by atoms with Crippen molar-refractivity contribution in [1.82, 2.24) is 9.80 Å². The third-order valence-electron chi connectivity index (χ3n) is 4.44. The van der Waals surface area contributed by atoms with Gasteiger partial charge in [-0.3, -0.25) is 9.69 Å². The van der Waals surface area contributed by atoms with Crippen LogP contribution in [0.3, 0.4) is 0 Å². The molecule has 102 valence electrons. The SMILES string of the molecule is N[C@H]1CN(CC(=O)N2CCOCC2)C[C@@H]1C1CC1. The molecule has 0 unspecified atom stereocenters. The van der Waals surface area contributed by atoms with Gasteiger partial charge in [0.2, 0.25) is 5.91 Å². The molecule has 0 aromatic carbocycles. The Labute approximate surface area is 108 Å². The summed E-state index contributed by atoms with van der Waals surface area (Å²) in [4.78, 5) is 16.3. The molecule has 3 fully saturated rings. The van der Waals surface area contributed by atoms with Crippen LogP contribution in [-0.4, -0.2) is 67.7 Å². The minimum atomic E-state index is 0.238. The number of carbonyl (C=O) groups is 1. The average Bonchev–Trinajstić information content (AvgIpc) is 3.15. The highest BCUT2D eigenvalue weighted by Crippen LogP contribution is 2.40. The van der Waals surface area contributed by atoms with Crippen molar-refractivity contribution in [3.05, 3.63) is 0 Å². The number of nitrogens with zero attached hydrogens (tertiary/aromatic N) is 2. The second-order valence-corrected chi connectivity index (χ2v) is 5.85. The van der Waals surface area contributed by atoms with Gasteiger partial charge in [-0.2, -0.15) is 0 Å². The molecule has 1 amide bonds. The number of ether oxygens (including phenoxy) is 1. The van der Waals surface area contributed by atoms with Crippen LogP contribution in [0.5, 0.6) is 0 Å². The first-order chi connectivity index (χ1) is 8.74. The molecule has 3 rings (SSSR count). The van der Waals surface area contributed by atoms with Crippen molar-refractivity contribution in [2.45, 2.75) is 18.9 Å². The summed E-state index contributed by atoms with van der Waals surface area (Å²) in [6.45, 7) is 5.28. The molecule has 2 heterocycles. The van der Waals surface area contributed by atoms with E-state index in [0.29, 0.717) is 25.7 Å². The summed E-state index contributed by atoms with van der Waals surface area (Å²) in [6, 6.07) is 0.273. The van der Waals surface area contributed by atoms with E-state index < -0.39 is 0 Å². The summed E-state index contributed by atoms with van der Waals surface area (Å²) >= 11 is 0. The topological polar surface area (TPSA) is 58.8 Å². The standard InChI is InChI=1S/C13H23N3O2/c14-12-8-15(7-11(12)10-1-2-10)9-13(17)16-3-5-18-6-4-16/h10-12H,1-9,14H2/t11-,12+/m1/s1. The lowest BCUT2D eigenvalue weighted by atomic mass is 9.99. The first kappa shape index (κ1) is 12.4. The number of likely N-dealkylation sites (tertiary alicyclic amines) is 1. The van der Waals surface area contributed by atoms with Gasteiger partial charge in [0.1, 0.15) is 0 Å². The zero-order chi connectivity index (χ0) is 12.5. The number of morpholine rings is 1. The van der Waals surface area contributed by atoms with Crippen molar-refractivity contribution in [3.8, 4) is 0 Å². The van der Waals surface area contributed by atoms with Crippen molar-refractivity contribution in [2.75, 3.05) is 45.9 Å². The quantitative estimate of drug-likeness (QED) is 0.738. The van der Waals surface area contributed by atoms with Gasteiger partial charge >= 0.3 is 0 Å². The zero-order valence-corrected chi connectivity index (χ0v) is 10.9. The summed E-state index contributed by atoms with van der Waals surface area (Å²) < 4.78 is 5.27. The van der Waals surface area contributed by atoms with E-state index >= 15 is 0 Å². The highest BCUT2D eigenvalue weighted by Gasteiger charge is 2.41. The molecule has 3 aliphatic rings. The fourth-order valence-electron chi connectivity index (χ4n) is 3.20. The third-order valence-corrected chi connectivity index (χ3v) is 4.44. The van der Waals surface area contributed by atoms with Crippen LogP contribution in [0.15, 0.2) is 0 Å². The fraction of sp³-hybridized carbons (Fsp3) is 0.923. The molecule has 0 spiro atoms. The van der Waals surface area contributed by atoms with Crippen molar-refractivity contribution in [2.24, 2.45) is 17.6 Å². The van der Waals surface area contributed by atoms with Gasteiger partial charge in [0, 0.05) is 32.2 Å². The van der Waals surface area contributed by atoms with Crippen LogP contribution in [0.25, 0.3) is 0 Å².